The van der Waals surface area contributed by atoms with Gasteiger partial charge in [0.05, 0.1) is 12.1 Å². The number of rotatable bonds is 12. The summed E-state index contributed by atoms with van der Waals surface area (Å²) in [5.74, 6) is -2.82. The summed E-state index contributed by atoms with van der Waals surface area (Å²) < 4.78 is 0. The van der Waals surface area contributed by atoms with Crippen molar-refractivity contribution in [2.45, 2.75) is 38.7 Å². The van der Waals surface area contributed by atoms with Crippen LogP contribution in [0.2, 0.25) is 0 Å². The highest BCUT2D eigenvalue weighted by Crippen LogP contribution is 2.19. The van der Waals surface area contributed by atoms with E-state index in [4.69, 9.17) is 0 Å². The predicted molar refractivity (Wildman–Crippen MR) is 158 cm³/mol. The summed E-state index contributed by atoms with van der Waals surface area (Å²) in [6, 6.07) is 16.6. The summed E-state index contributed by atoms with van der Waals surface area (Å²) in [7, 11) is -0.314. The lowest BCUT2D eigenvalue weighted by atomic mass is 9.75. The van der Waals surface area contributed by atoms with Gasteiger partial charge in [0.15, 0.2) is 0 Å². The van der Waals surface area contributed by atoms with Crippen LogP contribution in [0.5, 0.6) is 0 Å². The first-order chi connectivity index (χ1) is 20.1. The van der Waals surface area contributed by atoms with Gasteiger partial charge in [-0.2, -0.15) is 5.26 Å². The molecule has 0 saturated heterocycles. The van der Waals surface area contributed by atoms with Crippen molar-refractivity contribution in [2.75, 3.05) is 11.9 Å². The van der Waals surface area contributed by atoms with Crippen LogP contribution in [0.25, 0.3) is 0 Å². The number of allylic oxidation sites excluding steroid dienone is 1. The standard InChI is InChI=1S/C30H33BN6O5/c1-20(2)14-23(18-32)30(40)37(3)24-11-7-10-22(15-24)16-25(35-29(39)26-19-33-12-13-34-26)28(38)36-27(31(41)42)17-21-8-5-4-6-9-21/h4-15,19-20,25,27,41-42H,16-17H2,1-3H3,(H,35,39)(H,36,38)/t25?,27-/m0/s1. The van der Waals surface area contributed by atoms with Gasteiger partial charge >= 0.3 is 7.12 Å². The Kier molecular flexibility index (Phi) is 11.5. The van der Waals surface area contributed by atoms with Crippen LogP contribution in [0, 0.1) is 17.2 Å². The van der Waals surface area contributed by atoms with Crippen molar-refractivity contribution in [3.05, 3.63) is 102 Å². The van der Waals surface area contributed by atoms with E-state index in [-0.39, 0.29) is 30.0 Å². The summed E-state index contributed by atoms with van der Waals surface area (Å²) in [5, 5.41) is 34.7. The van der Waals surface area contributed by atoms with Gasteiger partial charge in [-0.1, -0.05) is 62.4 Å². The van der Waals surface area contributed by atoms with Crippen molar-refractivity contribution < 1.29 is 24.4 Å². The molecule has 3 rings (SSSR count). The highest BCUT2D eigenvalue weighted by Gasteiger charge is 2.30. The molecule has 0 spiro atoms. The number of nitrogens with zero attached hydrogens (tertiary/aromatic N) is 4. The average Bonchev–Trinajstić information content (AvgIpc) is 2.99. The van der Waals surface area contributed by atoms with Crippen molar-refractivity contribution in [3.8, 4) is 6.07 Å². The minimum atomic E-state index is -1.86. The van der Waals surface area contributed by atoms with Crippen molar-refractivity contribution >= 4 is 30.5 Å². The Morgan fingerprint density at radius 1 is 1.02 bits per heavy atom. The van der Waals surface area contributed by atoms with Gasteiger partial charge < -0.3 is 25.6 Å². The molecule has 1 aromatic heterocycles. The number of carbonyl (C=O) groups is 3. The van der Waals surface area contributed by atoms with E-state index in [2.05, 4.69) is 20.6 Å². The molecule has 0 aliphatic carbocycles. The Balaban J connectivity index is 1.86. The van der Waals surface area contributed by atoms with Crippen LogP contribution in [-0.4, -0.2) is 63.9 Å². The van der Waals surface area contributed by atoms with Gasteiger partial charge in [0, 0.05) is 31.5 Å². The molecule has 2 atom stereocenters. The Hall–Kier alpha value is -4.86. The smallest absolute Gasteiger partial charge is 0.426 e. The van der Waals surface area contributed by atoms with Crippen molar-refractivity contribution in [3.63, 3.8) is 0 Å². The molecule has 0 bridgehead atoms. The van der Waals surface area contributed by atoms with Gasteiger partial charge in [0.2, 0.25) is 5.91 Å². The molecule has 2 aromatic carbocycles. The molecular weight excluding hydrogens is 535 g/mol. The largest absolute Gasteiger partial charge is 0.475 e. The minimum Gasteiger partial charge on any atom is -0.426 e. The zero-order chi connectivity index (χ0) is 30.6. The van der Waals surface area contributed by atoms with E-state index in [1.54, 1.807) is 61.7 Å². The molecule has 216 valence electrons. The molecule has 12 heteroatoms. The van der Waals surface area contributed by atoms with Crippen LogP contribution < -0.4 is 15.5 Å². The normalized spacial score (nSPS) is 12.5. The van der Waals surface area contributed by atoms with Crippen molar-refractivity contribution in [1.29, 1.82) is 5.26 Å². The fourth-order valence-corrected chi connectivity index (χ4v) is 4.16. The molecule has 0 aliphatic rings. The van der Waals surface area contributed by atoms with Crippen LogP contribution in [0.1, 0.15) is 35.5 Å². The summed E-state index contributed by atoms with van der Waals surface area (Å²) in [6.07, 6.45) is 5.75. The third-order valence-corrected chi connectivity index (χ3v) is 6.30. The third kappa shape index (κ3) is 9.09. The second-order valence-electron chi connectivity index (χ2n) is 10.0. The van der Waals surface area contributed by atoms with Gasteiger partial charge in [-0.25, -0.2) is 4.98 Å². The summed E-state index contributed by atoms with van der Waals surface area (Å²) >= 11 is 0. The van der Waals surface area contributed by atoms with Gasteiger partial charge in [-0.05, 0) is 35.6 Å². The number of amides is 3. The van der Waals surface area contributed by atoms with Crippen molar-refractivity contribution in [2.24, 2.45) is 5.92 Å². The summed E-state index contributed by atoms with van der Waals surface area (Å²) in [6.45, 7) is 3.73. The second kappa shape index (κ2) is 15.2. The van der Waals surface area contributed by atoms with E-state index in [9.17, 15) is 29.7 Å². The lowest BCUT2D eigenvalue weighted by molar-refractivity contribution is -0.123. The highest BCUT2D eigenvalue weighted by molar-refractivity contribution is 6.43. The number of carbonyl (C=O) groups excluding carboxylic acids is 3. The first-order valence-electron chi connectivity index (χ1n) is 13.3. The number of hydrogen-bond acceptors (Lipinski definition) is 8. The van der Waals surface area contributed by atoms with E-state index >= 15 is 0 Å². The number of benzene rings is 2. The Morgan fingerprint density at radius 2 is 1.74 bits per heavy atom. The molecule has 0 fully saturated rings. The van der Waals surface area contributed by atoms with Crippen LogP contribution >= 0.6 is 0 Å². The number of anilines is 1. The molecule has 1 unspecified atom stereocenters. The molecule has 42 heavy (non-hydrogen) atoms. The molecule has 0 saturated carbocycles. The Morgan fingerprint density at radius 3 is 2.36 bits per heavy atom. The summed E-state index contributed by atoms with van der Waals surface area (Å²) in [5.41, 5.74) is 1.87. The molecule has 3 amide bonds. The molecule has 3 aromatic rings. The molecule has 1 heterocycles. The zero-order valence-corrected chi connectivity index (χ0v) is 23.6. The second-order valence-corrected chi connectivity index (χ2v) is 10.0. The SMILES string of the molecule is CC(C)C=C(C#N)C(=O)N(C)c1cccc(CC(NC(=O)c2cnccn2)C(=O)N[C@@H](Cc2ccccc2)B(O)O)c1. The van der Waals surface area contributed by atoms with Crippen LogP contribution in [0.3, 0.4) is 0 Å². The number of nitrogens with one attached hydrogen (secondary N) is 2. The highest BCUT2D eigenvalue weighted by atomic mass is 16.4. The lowest BCUT2D eigenvalue weighted by Crippen LogP contribution is -2.55. The lowest BCUT2D eigenvalue weighted by Gasteiger charge is -2.24. The third-order valence-electron chi connectivity index (χ3n) is 6.30. The minimum absolute atomic E-state index is 0.000225. The van der Waals surface area contributed by atoms with Gasteiger partial charge in [-0.15, -0.1) is 0 Å². The van der Waals surface area contributed by atoms with Crippen LogP contribution in [-0.2, 0) is 22.4 Å². The van der Waals surface area contributed by atoms with E-state index in [0.29, 0.717) is 11.3 Å². The van der Waals surface area contributed by atoms with Crippen LogP contribution in [0.4, 0.5) is 5.69 Å². The average molecular weight is 568 g/mol. The number of likely N-dealkylation sites (N-methyl/N-ethyl adjacent to an activating group) is 1. The quantitative estimate of drug-likeness (QED) is 0.145. The van der Waals surface area contributed by atoms with Gasteiger partial charge in [-0.3, -0.25) is 19.4 Å². The van der Waals surface area contributed by atoms with Crippen molar-refractivity contribution in [1.82, 2.24) is 20.6 Å². The van der Waals surface area contributed by atoms with Crippen LogP contribution in [0.15, 0.2) is 84.8 Å². The molecule has 0 radical (unpaired) electrons. The monoisotopic (exact) mass is 568 g/mol. The van der Waals surface area contributed by atoms with E-state index in [0.717, 1.165) is 5.56 Å². The Bertz CT molecular complexity index is 1440. The number of nitriles is 1. The molecule has 0 aliphatic heterocycles. The van der Waals surface area contributed by atoms with E-state index in [1.807, 2.05) is 26.0 Å². The fraction of sp³-hybridized carbons (Fsp3) is 0.267. The zero-order valence-electron chi connectivity index (χ0n) is 23.6. The maximum Gasteiger partial charge on any atom is 0.475 e. The van der Waals surface area contributed by atoms with E-state index in [1.165, 1.54) is 23.5 Å². The van der Waals surface area contributed by atoms with Gasteiger partial charge in [0.25, 0.3) is 11.8 Å². The number of aromatic nitrogens is 2. The predicted octanol–water partition coefficient (Wildman–Crippen LogP) is 1.63. The molecule has 11 nitrogen and oxygen atoms in total. The molecular formula is C30H33BN6O5. The van der Waals surface area contributed by atoms with E-state index < -0.39 is 36.8 Å². The Labute approximate surface area is 245 Å². The first kappa shape index (κ1) is 31.7. The molecule has 4 N–H and O–H groups in total. The fourth-order valence-electron chi connectivity index (χ4n) is 4.16. The van der Waals surface area contributed by atoms with Gasteiger partial charge in [0.1, 0.15) is 23.4 Å². The topological polar surface area (TPSA) is 169 Å². The first-order valence-corrected chi connectivity index (χ1v) is 13.3. The summed E-state index contributed by atoms with van der Waals surface area (Å²) in [4.78, 5) is 48.6. The maximum absolute atomic E-state index is 13.5. The maximum atomic E-state index is 13.5. The number of hydrogen-bond donors (Lipinski definition) is 4.